The molecule has 1 heterocycles. The van der Waals surface area contributed by atoms with Crippen molar-refractivity contribution in [2.45, 2.75) is 117 Å². The Morgan fingerprint density at radius 2 is 1.48 bits per heavy atom. The Labute approximate surface area is 145 Å². The molecular formula is C21H41NO. The highest BCUT2D eigenvalue weighted by molar-refractivity contribution is 5.76. The molecule has 1 fully saturated rings. The van der Waals surface area contributed by atoms with Crippen molar-refractivity contribution in [1.82, 2.24) is 4.90 Å². The number of nitrogens with zero attached hydrogens (tertiary/aromatic N) is 1. The van der Waals surface area contributed by atoms with E-state index in [0.29, 0.717) is 17.9 Å². The van der Waals surface area contributed by atoms with Crippen molar-refractivity contribution in [3.63, 3.8) is 0 Å². The molecule has 0 saturated carbocycles. The van der Waals surface area contributed by atoms with Crippen molar-refractivity contribution in [3.8, 4) is 0 Å². The van der Waals surface area contributed by atoms with Crippen LogP contribution in [0.5, 0.6) is 0 Å². The van der Waals surface area contributed by atoms with Crippen LogP contribution < -0.4 is 0 Å². The predicted molar refractivity (Wildman–Crippen MR) is 101 cm³/mol. The molecule has 2 nitrogen and oxygen atoms in total. The van der Waals surface area contributed by atoms with E-state index in [1.807, 2.05) is 0 Å². The standard InChI is InChI=1S/C21H41NO/c1-4-5-6-7-8-9-10-11-13-16-20(19(2)3)22-18-15-12-14-17-21(22)23/h19-20H,4-18H2,1-3H3. The van der Waals surface area contributed by atoms with E-state index in [1.165, 1.54) is 77.0 Å². The minimum absolute atomic E-state index is 0.414. The maximum absolute atomic E-state index is 12.3. The third-order valence-corrected chi connectivity index (χ3v) is 5.38. The van der Waals surface area contributed by atoms with Crippen LogP contribution in [-0.2, 0) is 4.79 Å². The second-order valence-electron chi connectivity index (χ2n) is 7.83. The Kier molecular flexibility index (Phi) is 11.5. The summed E-state index contributed by atoms with van der Waals surface area (Å²) >= 11 is 0. The normalized spacial score (nSPS) is 17.6. The number of likely N-dealkylation sites (tertiary alicyclic amines) is 1. The van der Waals surface area contributed by atoms with Crippen LogP contribution >= 0.6 is 0 Å². The first-order chi connectivity index (χ1) is 11.2. The Bertz CT molecular complexity index is 300. The van der Waals surface area contributed by atoms with Crippen molar-refractivity contribution in [2.75, 3.05) is 6.54 Å². The third kappa shape index (κ3) is 8.77. The average Bonchev–Trinajstić information content (AvgIpc) is 2.74. The van der Waals surface area contributed by atoms with Crippen LogP contribution in [0.1, 0.15) is 111 Å². The molecule has 1 aliphatic heterocycles. The molecule has 0 aromatic heterocycles. The minimum Gasteiger partial charge on any atom is -0.339 e. The summed E-state index contributed by atoms with van der Waals surface area (Å²) in [6, 6.07) is 0.477. The van der Waals surface area contributed by atoms with Gasteiger partial charge in [0.15, 0.2) is 0 Å². The monoisotopic (exact) mass is 323 g/mol. The topological polar surface area (TPSA) is 20.3 Å². The maximum Gasteiger partial charge on any atom is 0.222 e. The van der Waals surface area contributed by atoms with Gasteiger partial charge in [0.05, 0.1) is 0 Å². The van der Waals surface area contributed by atoms with Crippen LogP contribution in [0, 0.1) is 5.92 Å². The highest BCUT2D eigenvalue weighted by Crippen LogP contribution is 2.23. The van der Waals surface area contributed by atoms with Gasteiger partial charge in [-0.15, -0.1) is 0 Å². The molecule has 1 rings (SSSR count). The van der Waals surface area contributed by atoms with Crippen molar-refractivity contribution < 1.29 is 4.79 Å². The lowest BCUT2D eigenvalue weighted by atomic mass is 9.95. The number of carbonyl (C=O) groups is 1. The fourth-order valence-electron chi connectivity index (χ4n) is 3.87. The van der Waals surface area contributed by atoms with E-state index in [1.54, 1.807) is 0 Å². The molecule has 1 atom stereocenters. The van der Waals surface area contributed by atoms with Crippen molar-refractivity contribution in [3.05, 3.63) is 0 Å². The molecule has 0 radical (unpaired) electrons. The molecule has 136 valence electrons. The van der Waals surface area contributed by atoms with Crippen molar-refractivity contribution in [1.29, 1.82) is 0 Å². The molecule has 1 saturated heterocycles. The Morgan fingerprint density at radius 3 is 2.09 bits per heavy atom. The van der Waals surface area contributed by atoms with Gasteiger partial charge in [-0.3, -0.25) is 4.79 Å². The Balaban J connectivity index is 2.19. The van der Waals surface area contributed by atoms with E-state index in [2.05, 4.69) is 25.7 Å². The molecule has 0 spiro atoms. The summed E-state index contributed by atoms with van der Waals surface area (Å²) in [5.74, 6) is 1.00. The molecule has 0 aliphatic carbocycles. The Morgan fingerprint density at radius 1 is 0.870 bits per heavy atom. The van der Waals surface area contributed by atoms with Gasteiger partial charge in [0.25, 0.3) is 0 Å². The van der Waals surface area contributed by atoms with Gasteiger partial charge in [-0.25, -0.2) is 0 Å². The average molecular weight is 324 g/mol. The minimum atomic E-state index is 0.414. The summed E-state index contributed by atoms with van der Waals surface area (Å²) in [7, 11) is 0. The summed E-state index contributed by atoms with van der Waals surface area (Å²) in [5.41, 5.74) is 0. The van der Waals surface area contributed by atoms with E-state index in [-0.39, 0.29) is 0 Å². The van der Waals surface area contributed by atoms with Gasteiger partial charge in [0.1, 0.15) is 0 Å². The maximum atomic E-state index is 12.3. The lowest BCUT2D eigenvalue weighted by Crippen LogP contribution is -2.43. The van der Waals surface area contributed by atoms with E-state index >= 15 is 0 Å². The summed E-state index contributed by atoms with van der Waals surface area (Å²) in [6.45, 7) is 7.85. The number of carbonyl (C=O) groups excluding carboxylic acids is 1. The van der Waals surface area contributed by atoms with Gasteiger partial charge in [-0.1, -0.05) is 85.0 Å². The number of hydrogen-bond donors (Lipinski definition) is 0. The molecule has 23 heavy (non-hydrogen) atoms. The smallest absolute Gasteiger partial charge is 0.222 e. The second-order valence-corrected chi connectivity index (χ2v) is 7.83. The molecular weight excluding hydrogens is 282 g/mol. The highest BCUT2D eigenvalue weighted by atomic mass is 16.2. The first kappa shape index (κ1) is 20.5. The summed E-state index contributed by atoms with van der Waals surface area (Å²) < 4.78 is 0. The molecule has 0 bridgehead atoms. The predicted octanol–water partition coefficient (Wildman–Crippen LogP) is 6.33. The van der Waals surface area contributed by atoms with Crippen LogP contribution in [-0.4, -0.2) is 23.4 Å². The lowest BCUT2D eigenvalue weighted by molar-refractivity contribution is -0.134. The molecule has 0 aromatic rings. The van der Waals surface area contributed by atoms with Crippen molar-refractivity contribution in [2.24, 2.45) is 5.92 Å². The van der Waals surface area contributed by atoms with Gasteiger partial charge >= 0.3 is 0 Å². The lowest BCUT2D eigenvalue weighted by Gasteiger charge is -2.34. The number of hydrogen-bond acceptors (Lipinski definition) is 1. The van der Waals surface area contributed by atoms with Crippen LogP contribution in [0.4, 0.5) is 0 Å². The van der Waals surface area contributed by atoms with Crippen LogP contribution in [0.15, 0.2) is 0 Å². The quantitative estimate of drug-likeness (QED) is 0.384. The van der Waals surface area contributed by atoms with Crippen LogP contribution in [0.3, 0.4) is 0 Å². The largest absolute Gasteiger partial charge is 0.339 e. The molecule has 1 aliphatic rings. The van der Waals surface area contributed by atoms with Crippen molar-refractivity contribution >= 4 is 5.91 Å². The van der Waals surface area contributed by atoms with Gasteiger partial charge in [-0.2, -0.15) is 0 Å². The SMILES string of the molecule is CCCCCCCCCCCC(C(C)C)N1CCCCCC1=O. The zero-order valence-corrected chi connectivity index (χ0v) is 16.1. The molecule has 1 amide bonds. The molecule has 0 N–H and O–H groups in total. The highest BCUT2D eigenvalue weighted by Gasteiger charge is 2.26. The molecule has 2 heteroatoms. The number of rotatable bonds is 12. The number of amides is 1. The third-order valence-electron chi connectivity index (χ3n) is 5.38. The molecule has 0 aromatic carbocycles. The van der Waals surface area contributed by atoms with Gasteiger partial charge in [0, 0.05) is 19.0 Å². The fourth-order valence-corrected chi connectivity index (χ4v) is 3.87. The number of unbranched alkanes of at least 4 members (excludes halogenated alkanes) is 8. The van der Waals surface area contributed by atoms with E-state index < -0.39 is 0 Å². The summed E-state index contributed by atoms with van der Waals surface area (Å²) in [6.07, 6.45) is 17.9. The molecule has 1 unspecified atom stereocenters. The van der Waals surface area contributed by atoms with Gasteiger partial charge < -0.3 is 4.90 Å². The second kappa shape index (κ2) is 12.8. The van der Waals surface area contributed by atoms with E-state index in [4.69, 9.17) is 0 Å². The van der Waals surface area contributed by atoms with Crippen LogP contribution in [0.2, 0.25) is 0 Å². The van der Waals surface area contributed by atoms with Gasteiger partial charge in [-0.05, 0) is 25.2 Å². The zero-order chi connectivity index (χ0) is 16.9. The van der Waals surface area contributed by atoms with Gasteiger partial charge in [0.2, 0.25) is 5.91 Å². The first-order valence-electron chi connectivity index (χ1n) is 10.5. The summed E-state index contributed by atoms with van der Waals surface area (Å²) in [5, 5.41) is 0. The first-order valence-corrected chi connectivity index (χ1v) is 10.5. The summed E-state index contributed by atoms with van der Waals surface area (Å²) in [4.78, 5) is 14.6. The van der Waals surface area contributed by atoms with E-state index in [9.17, 15) is 4.79 Å². The zero-order valence-electron chi connectivity index (χ0n) is 16.1. The fraction of sp³-hybridized carbons (Fsp3) is 0.952. The van der Waals surface area contributed by atoms with Crippen LogP contribution in [0.25, 0.3) is 0 Å². The van der Waals surface area contributed by atoms with E-state index in [0.717, 1.165) is 19.4 Å². The Hall–Kier alpha value is -0.530.